The summed E-state index contributed by atoms with van der Waals surface area (Å²) >= 11 is 3.67. The predicted molar refractivity (Wildman–Crippen MR) is 75.6 cm³/mol. The van der Waals surface area contributed by atoms with Gasteiger partial charge in [-0.2, -0.15) is 11.8 Å². The highest BCUT2D eigenvalue weighted by Crippen LogP contribution is 2.26. The fourth-order valence-electron chi connectivity index (χ4n) is 1.81. The van der Waals surface area contributed by atoms with Gasteiger partial charge in [0.25, 0.3) is 0 Å². The minimum absolute atomic E-state index is 0. The third-order valence-electron chi connectivity index (χ3n) is 2.94. The number of aromatic nitrogens is 1. The third-order valence-corrected chi connectivity index (χ3v) is 5.09. The molecule has 1 aliphatic heterocycles. The van der Waals surface area contributed by atoms with Gasteiger partial charge in [-0.15, -0.1) is 23.7 Å². The van der Waals surface area contributed by atoms with Gasteiger partial charge in [0.15, 0.2) is 5.13 Å². The largest absolute Gasteiger partial charge is 0.375 e. The van der Waals surface area contributed by atoms with Crippen LogP contribution < -0.4 is 5.73 Å². The number of halogens is 1. The molecular weight excluding hydrogens is 262 g/mol. The zero-order valence-corrected chi connectivity index (χ0v) is 12.0. The lowest BCUT2D eigenvalue weighted by Gasteiger charge is -2.37. The molecule has 1 aliphatic rings. The minimum Gasteiger partial charge on any atom is -0.375 e. The van der Waals surface area contributed by atoms with Gasteiger partial charge in [0.05, 0.1) is 0 Å². The third kappa shape index (κ3) is 3.26. The first-order chi connectivity index (χ1) is 7.16. The number of nitrogens with zero attached hydrogens (tertiary/aromatic N) is 2. The van der Waals surface area contributed by atoms with Crippen LogP contribution in [-0.2, 0) is 6.54 Å². The first-order valence-corrected chi connectivity index (χ1v) is 7.09. The molecule has 2 rings (SSSR count). The molecule has 0 amide bonds. The second-order valence-corrected chi connectivity index (χ2v) is 6.58. The lowest BCUT2D eigenvalue weighted by Crippen LogP contribution is -2.43. The highest BCUT2D eigenvalue weighted by molar-refractivity contribution is 8.00. The van der Waals surface area contributed by atoms with Gasteiger partial charge >= 0.3 is 0 Å². The molecule has 2 atom stereocenters. The lowest BCUT2D eigenvalue weighted by atomic mass is 10.2. The van der Waals surface area contributed by atoms with E-state index in [9.17, 15) is 0 Å². The Kier molecular flexibility index (Phi) is 5.37. The van der Waals surface area contributed by atoms with E-state index in [-0.39, 0.29) is 12.4 Å². The summed E-state index contributed by atoms with van der Waals surface area (Å²) in [5.74, 6) is 1.24. The van der Waals surface area contributed by atoms with Crippen LogP contribution in [0.4, 0.5) is 5.13 Å². The number of thiazole rings is 1. The molecule has 1 aromatic heterocycles. The van der Waals surface area contributed by atoms with Crippen LogP contribution in [0.2, 0.25) is 0 Å². The van der Waals surface area contributed by atoms with Gasteiger partial charge in [-0.1, -0.05) is 6.92 Å². The summed E-state index contributed by atoms with van der Waals surface area (Å²) in [4.78, 5) is 7.89. The molecule has 16 heavy (non-hydrogen) atoms. The molecule has 0 bridgehead atoms. The van der Waals surface area contributed by atoms with E-state index in [1.165, 1.54) is 17.2 Å². The smallest absolute Gasteiger partial charge is 0.180 e. The Hall–Kier alpha value is 0.0300. The van der Waals surface area contributed by atoms with E-state index >= 15 is 0 Å². The number of anilines is 1. The van der Waals surface area contributed by atoms with Gasteiger partial charge in [0.1, 0.15) is 0 Å². The van der Waals surface area contributed by atoms with Crippen molar-refractivity contribution in [1.29, 1.82) is 0 Å². The molecule has 2 unspecified atom stereocenters. The Balaban J connectivity index is 0.00000128. The average molecular weight is 280 g/mol. The average Bonchev–Trinajstić information content (AvgIpc) is 2.59. The summed E-state index contributed by atoms with van der Waals surface area (Å²) in [5, 5.41) is 1.40. The maximum absolute atomic E-state index is 5.63. The topological polar surface area (TPSA) is 42.2 Å². The van der Waals surface area contributed by atoms with E-state index < -0.39 is 0 Å². The van der Waals surface area contributed by atoms with Crippen LogP contribution in [0.25, 0.3) is 0 Å². The molecule has 1 saturated heterocycles. The standard InChI is InChI=1S/C10H17N3S2.ClH/c1-7-8(2)14-4-3-13(7)6-9-5-12-10(11)15-9;/h5,7-8H,3-4,6H2,1-2H3,(H2,11,12);1H. The molecule has 6 heteroatoms. The van der Waals surface area contributed by atoms with Crippen LogP contribution in [0, 0.1) is 0 Å². The molecule has 2 heterocycles. The van der Waals surface area contributed by atoms with Crippen molar-refractivity contribution in [2.75, 3.05) is 18.0 Å². The van der Waals surface area contributed by atoms with Crippen LogP contribution in [-0.4, -0.2) is 33.5 Å². The van der Waals surface area contributed by atoms with Gasteiger partial charge in [-0.3, -0.25) is 4.90 Å². The zero-order chi connectivity index (χ0) is 10.8. The Labute approximate surface area is 111 Å². The molecule has 0 aliphatic carbocycles. The summed E-state index contributed by atoms with van der Waals surface area (Å²) in [6.07, 6.45) is 1.90. The molecule has 92 valence electrons. The summed E-state index contributed by atoms with van der Waals surface area (Å²) in [6.45, 7) is 6.79. The maximum Gasteiger partial charge on any atom is 0.180 e. The molecule has 0 saturated carbocycles. The number of hydrogen-bond acceptors (Lipinski definition) is 5. The van der Waals surface area contributed by atoms with Gasteiger partial charge in [0, 0.05) is 41.2 Å². The Bertz CT molecular complexity index is 332. The second-order valence-electron chi connectivity index (χ2n) is 3.95. The molecule has 0 radical (unpaired) electrons. The van der Waals surface area contributed by atoms with Crippen molar-refractivity contribution < 1.29 is 0 Å². The number of nitrogen functional groups attached to an aromatic ring is 1. The van der Waals surface area contributed by atoms with E-state index in [0.29, 0.717) is 11.2 Å². The van der Waals surface area contributed by atoms with Crippen molar-refractivity contribution in [3.63, 3.8) is 0 Å². The number of hydrogen-bond donors (Lipinski definition) is 1. The van der Waals surface area contributed by atoms with E-state index in [2.05, 4.69) is 35.5 Å². The fraction of sp³-hybridized carbons (Fsp3) is 0.700. The summed E-state index contributed by atoms with van der Waals surface area (Å²) in [6, 6.07) is 0.645. The number of thioether (sulfide) groups is 1. The van der Waals surface area contributed by atoms with Gasteiger partial charge in [-0.05, 0) is 6.92 Å². The lowest BCUT2D eigenvalue weighted by molar-refractivity contribution is 0.206. The summed E-state index contributed by atoms with van der Waals surface area (Å²) in [5.41, 5.74) is 5.63. The zero-order valence-electron chi connectivity index (χ0n) is 9.55. The highest BCUT2D eigenvalue weighted by atomic mass is 35.5. The van der Waals surface area contributed by atoms with Crippen LogP contribution in [0.1, 0.15) is 18.7 Å². The molecule has 0 spiro atoms. The SMILES string of the molecule is CC1SCCN(Cc2cnc(N)s2)C1C.Cl. The Morgan fingerprint density at radius 2 is 2.31 bits per heavy atom. The first-order valence-electron chi connectivity index (χ1n) is 5.22. The van der Waals surface area contributed by atoms with Crippen LogP contribution in [0.15, 0.2) is 6.20 Å². The van der Waals surface area contributed by atoms with Crippen molar-refractivity contribution in [1.82, 2.24) is 9.88 Å². The van der Waals surface area contributed by atoms with Crippen molar-refractivity contribution >= 4 is 40.6 Å². The Morgan fingerprint density at radius 1 is 1.56 bits per heavy atom. The van der Waals surface area contributed by atoms with Gasteiger partial charge in [-0.25, -0.2) is 4.98 Å². The van der Waals surface area contributed by atoms with Crippen LogP contribution in [0.3, 0.4) is 0 Å². The normalized spacial score (nSPS) is 26.4. The van der Waals surface area contributed by atoms with Gasteiger partial charge in [0.2, 0.25) is 0 Å². The second kappa shape index (κ2) is 6.10. The first kappa shape index (κ1) is 14.1. The minimum atomic E-state index is 0. The molecule has 3 nitrogen and oxygen atoms in total. The maximum atomic E-state index is 5.63. The summed E-state index contributed by atoms with van der Waals surface area (Å²) < 4.78 is 0. The highest BCUT2D eigenvalue weighted by Gasteiger charge is 2.25. The van der Waals surface area contributed by atoms with Gasteiger partial charge < -0.3 is 5.73 Å². The number of nitrogens with two attached hydrogens (primary N) is 1. The van der Waals surface area contributed by atoms with E-state index in [1.807, 2.05) is 6.20 Å². The van der Waals surface area contributed by atoms with Crippen molar-refractivity contribution in [2.24, 2.45) is 0 Å². The van der Waals surface area contributed by atoms with Crippen molar-refractivity contribution in [3.8, 4) is 0 Å². The van der Waals surface area contributed by atoms with E-state index in [1.54, 1.807) is 11.3 Å². The summed E-state index contributed by atoms with van der Waals surface area (Å²) in [7, 11) is 0. The monoisotopic (exact) mass is 279 g/mol. The van der Waals surface area contributed by atoms with Crippen LogP contribution in [0.5, 0.6) is 0 Å². The molecule has 1 fully saturated rings. The Morgan fingerprint density at radius 3 is 2.94 bits per heavy atom. The van der Waals surface area contributed by atoms with Crippen LogP contribution >= 0.6 is 35.5 Å². The van der Waals surface area contributed by atoms with E-state index in [0.717, 1.165) is 11.8 Å². The molecular formula is C10H18ClN3S2. The quantitative estimate of drug-likeness (QED) is 0.903. The molecule has 0 aromatic carbocycles. The van der Waals surface area contributed by atoms with Crippen molar-refractivity contribution in [2.45, 2.75) is 31.7 Å². The van der Waals surface area contributed by atoms with Crippen molar-refractivity contribution in [3.05, 3.63) is 11.1 Å². The number of rotatable bonds is 2. The fourth-order valence-corrected chi connectivity index (χ4v) is 3.69. The van der Waals surface area contributed by atoms with E-state index in [4.69, 9.17) is 5.73 Å². The molecule has 2 N–H and O–H groups in total. The molecule has 1 aromatic rings. The predicted octanol–water partition coefficient (Wildman–Crippen LogP) is 2.47.